The molecule has 0 bridgehead atoms. The highest BCUT2D eigenvalue weighted by molar-refractivity contribution is 8.14. The highest BCUT2D eigenvalue weighted by Gasteiger charge is 2.49. The predicted octanol–water partition coefficient (Wildman–Crippen LogP) is -1.77. The van der Waals surface area contributed by atoms with Crippen molar-refractivity contribution in [2.24, 2.45) is 4.99 Å². The zero-order valence-corrected chi connectivity index (χ0v) is 11.4. The molecule has 3 aliphatic rings. The molecule has 0 saturated carbocycles. The third-order valence-electron chi connectivity index (χ3n) is 3.78. The fourth-order valence-corrected chi connectivity index (χ4v) is 3.71. The van der Waals surface area contributed by atoms with E-state index in [9.17, 15) is 10.2 Å². The highest BCUT2D eigenvalue weighted by atomic mass is 32.2. The molecule has 3 N–H and O–H groups in total. The molecule has 2 fully saturated rings. The zero-order valence-electron chi connectivity index (χ0n) is 10.5. The number of amidine groups is 1. The van der Waals surface area contributed by atoms with Crippen molar-refractivity contribution < 1.29 is 24.8 Å². The maximum atomic E-state index is 10.0. The van der Waals surface area contributed by atoms with E-state index in [1.807, 2.05) is 0 Å². The summed E-state index contributed by atoms with van der Waals surface area (Å²) in [6, 6.07) is -0.473. The maximum absolute atomic E-state index is 10.0. The molecule has 0 aromatic heterocycles. The number of methoxy groups -OCH3 is 1. The van der Waals surface area contributed by atoms with Crippen molar-refractivity contribution in [2.75, 3.05) is 26.8 Å². The number of hydrogen-bond donors (Lipinski definition) is 3. The van der Waals surface area contributed by atoms with Gasteiger partial charge in [-0.25, -0.2) is 0 Å². The first-order chi connectivity index (χ1) is 9.13. The lowest BCUT2D eigenvalue weighted by molar-refractivity contribution is -0.164. The molecule has 3 rings (SSSR count). The molecule has 0 spiro atoms. The van der Waals surface area contributed by atoms with Gasteiger partial charge in [0.15, 0.2) is 5.17 Å². The van der Waals surface area contributed by atoms with E-state index in [0.717, 1.165) is 18.3 Å². The van der Waals surface area contributed by atoms with E-state index in [4.69, 9.17) is 14.6 Å². The number of aliphatic imine (C=N–C) groups is 1. The quantitative estimate of drug-likeness (QED) is 0.554. The number of ether oxygens (including phenoxy) is 2. The summed E-state index contributed by atoms with van der Waals surface area (Å²) in [4.78, 5) is 6.50. The number of aliphatic hydroxyl groups excluding tert-OH is 3. The van der Waals surface area contributed by atoms with Crippen molar-refractivity contribution in [2.45, 2.75) is 35.9 Å². The Bertz CT molecular complexity index is 376. The topological polar surface area (TPSA) is 94.8 Å². The number of aliphatic hydroxyl groups is 3. The molecule has 19 heavy (non-hydrogen) atoms. The lowest BCUT2D eigenvalue weighted by Crippen LogP contribution is -2.55. The van der Waals surface area contributed by atoms with Crippen LogP contribution in [0, 0.1) is 0 Å². The van der Waals surface area contributed by atoms with Crippen molar-refractivity contribution in [1.82, 2.24) is 4.90 Å². The molecule has 0 amide bonds. The van der Waals surface area contributed by atoms with Crippen molar-refractivity contribution >= 4 is 16.9 Å². The van der Waals surface area contributed by atoms with E-state index < -0.39 is 24.4 Å². The molecule has 0 aromatic rings. The Balaban J connectivity index is 1.66. The Labute approximate surface area is 115 Å². The van der Waals surface area contributed by atoms with E-state index in [0.29, 0.717) is 0 Å². The zero-order chi connectivity index (χ0) is 13.6. The summed E-state index contributed by atoms with van der Waals surface area (Å²) in [6.45, 7) is 1.25. The minimum absolute atomic E-state index is 0.229. The van der Waals surface area contributed by atoms with Gasteiger partial charge >= 0.3 is 0 Å². The van der Waals surface area contributed by atoms with Crippen molar-refractivity contribution in [3.63, 3.8) is 0 Å². The summed E-state index contributed by atoms with van der Waals surface area (Å²) in [6.07, 6.45) is -2.62. The molecule has 3 aliphatic heterocycles. The second-order valence-corrected chi connectivity index (χ2v) is 6.05. The normalized spacial score (nSPS) is 42.8. The van der Waals surface area contributed by atoms with Gasteiger partial charge in [-0.05, 0) is 0 Å². The second kappa shape index (κ2) is 5.19. The molecule has 8 heteroatoms. The summed E-state index contributed by atoms with van der Waals surface area (Å²) in [7, 11) is 1.68. The van der Waals surface area contributed by atoms with Crippen LogP contribution in [0.25, 0.3) is 0 Å². The summed E-state index contributed by atoms with van der Waals surface area (Å²) >= 11 is 1.43. The number of likely N-dealkylation sites (tertiary alicyclic amines) is 1. The van der Waals surface area contributed by atoms with Gasteiger partial charge < -0.3 is 29.7 Å². The Morgan fingerprint density at radius 1 is 1.42 bits per heavy atom. The lowest BCUT2D eigenvalue weighted by Gasteiger charge is -2.39. The molecule has 0 unspecified atom stereocenters. The largest absolute Gasteiger partial charge is 0.394 e. The number of rotatable bonds is 2. The Morgan fingerprint density at radius 2 is 2.16 bits per heavy atom. The summed E-state index contributed by atoms with van der Waals surface area (Å²) in [5.74, 6) is 0. The van der Waals surface area contributed by atoms with Gasteiger partial charge in [-0.1, -0.05) is 11.8 Å². The van der Waals surface area contributed by atoms with E-state index >= 15 is 0 Å². The highest BCUT2D eigenvalue weighted by Crippen LogP contribution is 2.38. The monoisotopic (exact) mass is 290 g/mol. The van der Waals surface area contributed by atoms with Crippen LogP contribution < -0.4 is 0 Å². The molecule has 0 aliphatic carbocycles. The smallest absolute Gasteiger partial charge is 0.162 e. The molecule has 3 heterocycles. The van der Waals surface area contributed by atoms with E-state index in [-0.39, 0.29) is 18.1 Å². The van der Waals surface area contributed by atoms with Gasteiger partial charge in [0.25, 0.3) is 0 Å². The van der Waals surface area contributed by atoms with Gasteiger partial charge in [-0.2, -0.15) is 0 Å². The van der Waals surface area contributed by atoms with Crippen LogP contribution in [0.4, 0.5) is 0 Å². The number of hydrogen-bond acceptors (Lipinski definition) is 8. The SMILES string of the molecule is COC1CN(C2=N[C@@H]3[C@@H](O)[C@H](O)[C@@H](CO)O[C@@H]3S2)C1. The minimum Gasteiger partial charge on any atom is -0.394 e. The van der Waals surface area contributed by atoms with Crippen LogP contribution in [0.5, 0.6) is 0 Å². The third-order valence-corrected chi connectivity index (χ3v) is 4.98. The molecule has 7 nitrogen and oxygen atoms in total. The molecule has 0 aromatic carbocycles. The maximum Gasteiger partial charge on any atom is 0.162 e. The molecule has 108 valence electrons. The second-order valence-electron chi connectivity index (χ2n) is 4.99. The van der Waals surface area contributed by atoms with Gasteiger partial charge in [0, 0.05) is 20.2 Å². The van der Waals surface area contributed by atoms with E-state index in [2.05, 4.69) is 9.89 Å². The minimum atomic E-state index is -1.10. The average Bonchev–Trinajstić information content (AvgIpc) is 2.76. The van der Waals surface area contributed by atoms with Crippen LogP contribution in [0.15, 0.2) is 4.99 Å². The Hall–Kier alpha value is -0.380. The van der Waals surface area contributed by atoms with Gasteiger partial charge in [-0.15, -0.1) is 0 Å². The fraction of sp³-hybridized carbons (Fsp3) is 0.909. The van der Waals surface area contributed by atoms with Crippen LogP contribution in [-0.2, 0) is 9.47 Å². The van der Waals surface area contributed by atoms with E-state index in [1.165, 1.54) is 11.8 Å². The Morgan fingerprint density at radius 3 is 2.79 bits per heavy atom. The predicted molar refractivity (Wildman–Crippen MR) is 68.9 cm³/mol. The first kappa shape index (κ1) is 13.6. The summed E-state index contributed by atoms with van der Waals surface area (Å²) in [5, 5.41) is 29.8. The van der Waals surface area contributed by atoms with Crippen LogP contribution >= 0.6 is 11.8 Å². The first-order valence-electron chi connectivity index (χ1n) is 6.28. The standard InChI is InChI=1S/C11H18N2O5S/c1-17-5-2-13(3-5)11-12-7-9(16)8(15)6(4-14)18-10(7)19-11/h5-10,14-16H,2-4H2,1H3/t6-,7-,8-,9-,10-/m1/s1. The van der Waals surface area contributed by atoms with Gasteiger partial charge in [0.2, 0.25) is 0 Å². The molecule has 2 saturated heterocycles. The van der Waals surface area contributed by atoms with Gasteiger partial charge in [0.1, 0.15) is 29.8 Å². The van der Waals surface area contributed by atoms with Crippen molar-refractivity contribution in [3.8, 4) is 0 Å². The number of thioether (sulfide) groups is 1. The van der Waals surface area contributed by atoms with Crippen LogP contribution in [0.3, 0.4) is 0 Å². The molecule has 0 radical (unpaired) electrons. The first-order valence-corrected chi connectivity index (χ1v) is 7.16. The van der Waals surface area contributed by atoms with E-state index in [1.54, 1.807) is 7.11 Å². The Kier molecular flexibility index (Phi) is 3.71. The molecular weight excluding hydrogens is 272 g/mol. The number of fused-ring (bicyclic) bond motifs is 1. The van der Waals surface area contributed by atoms with Crippen LogP contribution in [0.1, 0.15) is 0 Å². The van der Waals surface area contributed by atoms with Crippen LogP contribution in [0.2, 0.25) is 0 Å². The average molecular weight is 290 g/mol. The fourth-order valence-electron chi connectivity index (χ4n) is 2.46. The summed E-state index contributed by atoms with van der Waals surface area (Å²) in [5.41, 5.74) is -0.341. The van der Waals surface area contributed by atoms with Gasteiger partial charge in [-0.3, -0.25) is 4.99 Å². The lowest BCUT2D eigenvalue weighted by atomic mass is 9.99. The molecular formula is C11H18N2O5S. The molecule has 5 atom stereocenters. The van der Waals surface area contributed by atoms with Crippen LogP contribution in [-0.4, -0.2) is 88.1 Å². The van der Waals surface area contributed by atoms with Crippen molar-refractivity contribution in [3.05, 3.63) is 0 Å². The van der Waals surface area contributed by atoms with Gasteiger partial charge in [0.05, 0.1) is 12.7 Å². The van der Waals surface area contributed by atoms with Crippen molar-refractivity contribution in [1.29, 1.82) is 0 Å². The number of nitrogens with zero attached hydrogens (tertiary/aromatic N) is 2. The third kappa shape index (κ3) is 2.26. The summed E-state index contributed by atoms with van der Waals surface area (Å²) < 4.78 is 10.8.